The highest BCUT2D eigenvalue weighted by Gasteiger charge is 2.12. The van der Waals surface area contributed by atoms with Crippen molar-refractivity contribution in [2.45, 2.75) is 26.7 Å². The first-order chi connectivity index (χ1) is 12.1. The van der Waals surface area contributed by atoms with Crippen LogP contribution in [0.2, 0.25) is 0 Å². The summed E-state index contributed by atoms with van der Waals surface area (Å²) < 4.78 is 11.2. The molecule has 3 rings (SSSR count). The number of aromatic nitrogens is 2. The van der Waals surface area contributed by atoms with E-state index in [0.717, 1.165) is 29.9 Å². The molecule has 0 atom stereocenters. The van der Waals surface area contributed by atoms with Crippen LogP contribution in [0.5, 0.6) is 5.88 Å². The molecule has 0 saturated heterocycles. The summed E-state index contributed by atoms with van der Waals surface area (Å²) in [5, 5.41) is 12.3. The van der Waals surface area contributed by atoms with Crippen LogP contribution in [0.1, 0.15) is 31.7 Å². The van der Waals surface area contributed by atoms with Crippen LogP contribution in [0.25, 0.3) is 11.1 Å². The average molecular weight is 337 g/mol. The van der Waals surface area contributed by atoms with Crippen molar-refractivity contribution < 1.29 is 9.15 Å². The summed E-state index contributed by atoms with van der Waals surface area (Å²) in [6.45, 7) is 4.30. The van der Waals surface area contributed by atoms with Crippen LogP contribution < -0.4 is 15.8 Å². The molecule has 0 unspecified atom stereocenters. The van der Waals surface area contributed by atoms with Gasteiger partial charge >= 0.3 is 0 Å². The fourth-order valence-electron chi connectivity index (χ4n) is 2.48. The number of benzene rings is 1. The normalized spacial score (nSPS) is 10.6. The first-order valence-corrected chi connectivity index (χ1v) is 8.14. The lowest BCUT2D eigenvalue weighted by Crippen LogP contribution is -2.04. The summed E-state index contributed by atoms with van der Waals surface area (Å²) in [7, 11) is 0. The summed E-state index contributed by atoms with van der Waals surface area (Å²) in [5.74, 6) is 1.44. The second-order valence-corrected chi connectivity index (χ2v) is 5.49. The van der Waals surface area contributed by atoms with Crippen LogP contribution in [0.4, 0.5) is 17.2 Å². The van der Waals surface area contributed by atoms with E-state index in [1.165, 1.54) is 0 Å². The zero-order valence-electron chi connectivity index (χ0n) is 14.2. The Morgan fingerprint density at radius 3 is 2.84 bits per heavy atom. The van der Waals surface area contributed by atoms with Gasteiger partial charge in [-0.25, -0.2) is 4.98 Å². The Kier molecular flexibility index (Phi) is 4.70. The van der Waals surface area contributed by atoms with E-state index in [9.17, 15) is 5.26 Å². The molecule has 128 valence electrons. The van der Waals surface area contributed by atoms with Crippen molar-refractivity contribution in [2.75, 3.05) is 17.7 Å². The third-order valence-corrected chi connectivity index (χ3v) is 3.58. The van der Waals surface area contributed by atoms with Gasteiger partial charge in [-0.3, -0.25) is 0 Å². The van der Waals surface area contributed by atoms with Gasteiger partial charge in [0.05, 0.1) is 12.3 Å². The second kappa shape index (κ2) is 7.09. The molecule has 2 aromatic heterocycles. The maximum absolute atomic E-state index is 9.18. The molecule has 0 aliphatic heterocycles. The minimum absolute atomic E-state index is 0.221. The monoisotopic (exact) mass is 337 g/mol. The van der Waals surface area contributed by atoms with E-state index in [0.29, 0.717) is 23.7 Å². The van der Waals surface area contributed by atoms with Gasteiger partial charge in [-0.05, 0) is 25.5 Å². The maximum Gasteiger partial charge on any atom is 0.235 e. The van der Waals surface area contributed by atoms with Crippen molar-refractivity contribution in [1.82, 2.24) is 9.97 Å². The van der Waals surface area contributed by atoms with Crippen molar-refractivity contribution in [3.8, 4) is 11.9 Å². The van der Waals surface area contributed by atoms with E-state index in [-0.39, 0.29) is 11.4 Å². The van der Waals surface area contributed by atoms with Crippen LogP contribution >= 0.6 is 0 Å². The number of hydrogen-bond acceptors (Lipinski definition) is 7. The highest BCUT2D eigenvalue weighted by atomic mass is 16.5. The number of oxazole rings is 1. The molecular weight excluding hydrogens is 318 g/mol. The smallest absolute Gasteiger partial charge is 0.235 e. The van der Waals surface area contributed by atoms with Crippen LogP contribution in [-0.4, -0.2) is 16.6 Å². The van der Waals surface area contributed by atoms with Gasteiger partial charge in [0.15, 0.2) is 11.5 Å². The molecule has 3 aromatic rings. The molecule has 25 heavy (non-hydrogen) atoms. The average Bonchev–Trinajstić information content (AvgIpc) is 2.97. The molecule has 7 nitrogen and oxygen atoms in total. The topological polar surface area (TPSA) is 110 Å². The molecule has 3 N–H and O–H groups in total. The zero-order chi connectivity index (χ0) is 17.8. The number of nitrogens with zero attached hydrogens (tertiary/aromatic N) is 3. The number of ether oxygens (including phenoxy) is 1. The van der Waals surface area contributed by atoms with Gasteiger partial charge in [0.25, 0.3) is 0 Å². The number of pyridine rings is 1. The highest BCUT2D eigenvalue weighted by Crippen LogP contribution is 2.28. The number of hydrogen-bond donors (Lipinski definition) is 2. The number of nitrogens with one attached hydrogen (secondary N) is 1. The number of aryl methyl sites for hydroxylation is 1. The third kappa shape index (κ3) is 3.48. The summed E-state index contributed by atoms with van der Waals surface area (Å²) in [6.07, 6.45) is 1.79. The van der Waals surface area contributed by atoms with Gasteiger partial charge < -0.3 is 20.2 Å². The fraction of sp³-hybridized carbons (Fsp3) is 0.278. The molecule has 7 heteroatoms. The molecule has 1 aromatic carbocycles. The number of rotatable bonds is 6. The molecule has 0 saturated carbocycles. The molecule has 0 fully saturated rings. The number of fused-ring (bicyclic) bond motifs is 1. The summed E-state index contributed by atoms with van der Waals surface area (Å²) in [5.41, 5.74) is 8.79. The molecule has 0 bridgehead atoms. The Hall–Kier alpha value is -3.27. The SMILES string of the molecule is CCCc1nc2ccc(Nc3cc(N)c(C#N)c(OCC)n3)cc2o1. The Labute approximate surface area is 145 Å². The maximum atomic E-state index is 9.18. The lowest BCUT2D eigenvalue weighted by Gasteiger charge is -2.11. The Morgan fingerprint density at radius 1 is 1.28 bits per heavy atom. The highest BCUT2D eigenvalue weighted by molar-refractivity contribution is 5.79. The van der Waals surface area contributed by atoms with Gasteiger partial charge in [-0.2, -0.15) is 10.2 Å². The lowest BCUT2D eigenvalue weighted by atomic mass is 10.2. The number of nitrogens with two attached hydrogens (primary N) is 1. The van der Waals surface area contributed by atoms with Crippen molar-refractivity contribution in [3.63, 3.8) is 0 Å². The Morgan fingerprint density at radius 2 is 2.12 bits per heavy atom. The van der Waals surface area contributed by atoms with E-state index in [2.05, 4.69) is 22.2 Å². The van der Waals surface area contributed by atoms with Crippen molar-refractivity contribution in [1.29, 1.82) is 5.26 Å². The van der Waals surface area contributed by atoms with Crippen molar-refractivity contribution in [2.24, 2.45) is 0 Å². The fourth-order valence-corrected chi connectivity index (χ4v) is 2.48. The Bertz CT molecular complexity index is 943. The van der Waals surface area contributed by atoms with Crippen LogP contribution in [0.15, 0.2) is 28.7 Å². The molecule has 0 spiro atoms. The van der Waals surface area contributed by atoms with Gasteiger partial charge in [-0.15, -0.1) is 0 Å². The number of nitriles is 1. The molecule has 0 aliphatic carbocycles. The van der Waals surface area contributed by atoms with E-state index in [1.54, 1.807) is 6.07 Å². The van der Waals surface area contributed by atoms with E-state index < -0.39 is 0 Å². The summed E-state index contributed by atoms with van der Waals surface area (Å²) >= 11 is 0. The van der Waals surface area contributed by atoms with Gasteiger partial charge in [0.1, 0.15) is 23.0 Å². The predicted octanol–water partition coefficient (Wildman–Crippen LogP) is 3.77. The molecule has 0 radical (unpaired) electrons. The third-order valence-electron chi connectivity index (χ3n) is 3.58. The second-order valence-electron chi connectivity index (χ2n) is 5.49. The molecule has 0 amide bonds. The molecule has 0 aliphatic rings. The van der Waals surface area contributed by atoms with Crippen molar-refractivity contribution in [3.05, 3.63) is 35.7 Å². The first kappa shape index (κ1) is 16.6. The first-order valence-electron chi connectivity index (χ1n) is 8.14. The number of anilines is 3. The Balaban J connectivity index is 1.91. The standard InChI is InChI=1S/C18H19N5O2/c1-3-5-17-22-14-7-6-11(8-15(14)25-17)21-16-9-13(20)12(10-19)18(23-16)24-4-2/h6-9H,3-5H2,1-2H3,(H3,20,21,23). The van der Waals surface area contributed by atoms with Crippen molar-refractivity contribution >= 4 is 28.3 Å². The van der Waals surface area contributed by atoms with Gasteiger partial charge in [0, 0.05) is 24.2 Å². The van der Waals surface area contributed by atoms with E-state index in [4.69, 9.17) is 14.9 Å². The number of nitrogen functional groups attached to an aromatic ring is 1. The zero-order valence-corrected chi connectivity index (χ0v) is 14.2. The molecule has 2 heterocycles. The van der Waals surface area contributed by atoms with Gasteiger partial charge in [-0.1, -0.05) is 6.92 Å². The minimum Gasteiger partial charge on any atom is -0.477 e. The van der Waals surface area contributed by atoms with Crippen LogP contribution in [-0.2, 0) is 6.42 Å². The van der Waals surface area contributed by atoms with Crippen LogP contribution in [0.3, 0.4) is 0 Å². The summed E-state index contributed by atoms with van der Waals surface area (Å²) in [4.78, 5) is 8.76. The molecular formula is C18H19N5O2. The van der Waals surface area contributed by atoms with E-state index in [1.807, 2.05) is 31.2 Å². The van der Waals surface area contributed by atoms with E-state index >= 15 is 0 Å². The van der Waals surface area contributed by atoms with Gasteiger partial charge in [0.2, 0.25) is 5.88 Å². The largest absolute Gasteiger partial charge is 0.477 e. The lowest BCUT2D eigenvalue weighted by molar-refractivity contribution is 0.326. The minimum atomic E-state index is 0.221. The van der Waals surface area contributed by atoms with Crippen LogP contribution in [0, 0.1) is 11.3 Å². The quantitative estimate of drug-likeness (QED) is 0.704. The predicted molar refractivity (Wildman–Crippen MR) is 95.8 cm³/mol. The summed E-state index contributed by atoms with van der Waals surface area (Å²) in [6, 6.07) is 9.25.